The van der Waals surface area contributed by atoms with E-state index in [0.717, 1.165) is 6.42 Å². The van der Waals surface area contributed by atoms with Crippen molar-refractivity contribution >= 4 is 6.41 Å². The minimum absolute atomic E-state index is 0.149. The predicted molar refractivity (Wildman–Crippen MR) is 61.6 cm³/mol. The Bertz CT molecular complexity index is 190. The quantitative estimate of drug-likeness (QED) is 0.381. The maximum atomic E-state index is 10.1. The molecule has 1 amide bonds. The van der Waals surface area contributed by atoms with Crippen LogP contribution < -0.4 is 10.6 Å². The Kier molecular flexibility index (Phi) is 5.83. The highest BCUT2D eigenvalue weighted by Gasteiger charge is 2.24. The van der Waals surface area contributed by atoms with Gasteiger partial charge in [0.2, 0.25) is 6.41 Å². The van der Waals surface area contributed by atoms with Gasteiger partial charge < -0.3 is 10.1 Å². The number of carbonyl (C=O) groups is 1. The third-order valence-electron chi connectivity index (χ3n) is 2.18. The Hall–Kier alpha value is -0.610. The molecule has 90 valence electrons. The van der Waals surface area contributed by atoms with Crippen LogP contribution in [0, 0.1) is 5.41 Å². The Morgan fingerprint density at radius 2 is 1.87 bits per heavy atom. The number of amides is 1. The Morgan fingerprint density at radius 1 is 1.27 bits per heavy atom. The van der Waals surface area contributed by atoms with Crippen LogP contribution >= 0.6 is 0 Å². The fourth-order valence-electron chi connectivity index (χ4n) is 1.01. The van der Waals surface area contributed by atoms with Crippen LogP contribution in [0.5, 0.6) is 0 Å². The standard InChI is InChI=1S/C11H24N2O2/c1-10(2,3)8-15-11(4,12-5)6-7-13-9-14/h9,12H,6-8H2,1-5H3,(H,13,14). The molecule has 0 heterocycles. The van der Waals surface area contributed by atoms with Crippen LogP contribution in [0.3, 0.4) is 0 Å². The third-order valence-corrected chi connectivity index (χ3v) is 2.18. The van der Waals surface area contributed by atoms with E-state index < -0.39 is 0 Å². The lowest BCUT2D eigenvalue weighted by molar-refractivity contribution is -0.110. The summed E-state index contributed by atoms with van der Waals surface area (Å²) < 4.78 is 5.82. The molecule has 0 aliphatic carbocycles. The molecule has 4 heteroatoms. The van der Waals surface area contributed by atoms with Gasteiger partial charge >= 0.3 is 0 Å². The van der Waals surface area contributed by atoms with Gasteiger partial charge in [0.15, 0.2) is 0 Å². The first-order valence-electron chi connectivity index (χ1n) is 5.33. The van der Waals surface area contributed by atoms with Gasteiger partial charge in [-0.3, -0.25) is 10.1 Å². The van der Waals surface area contributed by atoms with Gasteiger partial charge in [0, 0.05) is 13.0 Å². The van der Waals surface area contributed by atoms with Gasteiger partial charge in [0.25, 0.3) is 0 Å². The van der Waals surface area contributed by atoms with Crippen molar-refractivity contribution in [1.29, 1.82) is 0 Å². The molecule has 0 aromatic heterocycles. The van der Waals surface area contributed by atoms with E-state index in [2.05, 4.69) is 31.4 Å². The van der Waals surface area contributed by atoms with Crippen LogP contribution in [0.4, 0.5) is 0 Å². The highest BCUT2D eigenvalue weighted by molar-refractivity contribution is 5.45. The first-order chi connectivity index (χ1) is 6.83. The molecule has 0 saturated carbocycles. The monoisotopic (exact) mass is 216 g/mol. The molecule has 0 bridgehead atoms. The number of nitrogens with one attached hydrogen (secondary N) is 2. The third kappa shape index (κ3) is 7.33. The second-order valence-electron chi connectivity index (χ2n) is 5.15. The van der Waals surface area contributed by atoms with Crippen molar-refractivity contribution in [2.45, 2.75) is 39.8 Å². The van der Waals surface area contributed by atoms with E-state index in [1.165, 1.54) is 0 Å². The molecule has 0 aromatic carbocycles. The molecule has 0 spiro atoms. The second kappa shape index (κ2) is 6.08. The summed E-state index contributed by atoms with van der Waals surface area (Å²) in [4.78, 5) is 10.1. The number of rotatable bonds is 7. The summed E-state index contributed by atoms with van der Waals surface area (Å²) >= 11 is 0. The molecule has 1 atom stereocenters. The zero-order valence-corrected chi connectivity index (χ0v) is 10.5. The smallest absolute Gasteiger partial charge is 0.207 e. The SMILES string of the molecule is CNC(C)(CCNC=O)OCC(C)(C)C. The van der Waals surface area contributed by atoms with Crippen molar-refractivity contribution in [2.75, 3.05) is 20.2 Å². The largest absolute Gasteiger partial charge is 0.360 e. The molecule has 2 N–H and O–H groups in total. The lowest BCUT2D eigenvalue weighted by Crippen LogP contribution is -2.46. The summed E-state index contributed by atoms with van der Waals surface area (Å²) in [6, 6.07) is 0. The normalized spacial score (nSPS) is 15.8. The van der Waals surface area contributed by atoms with Gasteiger partial charge in [-0.2, -0.15) is 0 Å². The minimum Gasteiger partial charge on any atom is -0.360 e. The van der Waals surface area contributed by atoms with Gasteiger partial charge in [-0.25, -0.2) is 0 Å². The zero-order chi connectivity index (χ0) is 11.9. The fraction of sp³-hybridized carbons (Fsp3) is 0.909. The molecule has 0 rings (SSSR count). The molecule has 0 saturated heterocycles. The molecular formula is C11H24N2O2. The van der Waals surface area contributed by atoms with Crippen LogP contribution in [0.2, 0.25) is 0 Å². The van der Waals surface area contributed by atoms with Crippen LogP contribution in [0.1, 0.15) is 34.1 Å². The maximum Gasteiger partial charge on any atom is 0.207 e. The zero-order valence-electron chi connectivity index (χ0n) is 10.5. The maximum absolute atomic E-state index is 10.1. The van der Waals surface area contributed by atoms with Crippen molar-refractivity contribution in [3.63, 3.8) is 0 Å². The van der Waals surface area contributed by atoms with Gasteiger partial charge in [0.05, 0.1) is 6.61 Å². The molecule has 0 radical (unpaired) electrons. The molecule has 15 heavy (non-hydrogen) atoms. The Balaban J connectivity index is 4.01. The summed E-state index contributed by atoms with van der Waals surface area (Å²) in [6.07, 6.45) is 1.46. The summed E-state index contributed by atoms with van der Waals surface area (Å²) in [5, 5.41) is 5.77. The van der Waals surface area contributed by atoms with Crippen LogP contribution in [-0.4, -0.2) is 32.3 Å². The molecule has 0 fully saturated rings. The van der Waals surface area contributed by atoms with Gasteiger partial charge in [-0.1, -0.05) is 20.8 Å². The van der Waals surface area contributed by atoms with Crippen LogP contribution in [0.15, 0.2) is 0 Å². The van der Waals surface area contributed by atoms with Crippen molar-refractivity contribution in [2.24, 2.45) is 5.41 Å². The Labute approximate surface area is 92.8 Å². The molecule has 1 unspecified atom stereocenters. The number of hydrogen-bond donors (Lipinski definition) is 2. The van der Waals surface area contributed by atoms with Crippen LogP contribution in [0.25, 0.3) is 0 Å². The lowest BCUT2D eigenvalue weighted by atomic mass is 9.98. The molecule has 0 aliphatic rings. The summed E-state index contributed by atoms with van der Waals surface area (Å²) in [7, 11) is 1.86. The van der Waals surface area contributed by atoms with E-state index in [4.69, 9.17) is 4.74 Å². The molecular weight excluding hydrogens is 192 g/mol. The lowest BCUT2D eigenvalue weighted by Gasteiger charge is -2.32. The minimum atomic E-state index is -0.372. The first kappa shape index (κ1) is 14.4. The van der Waals surface area contributed by atoms with Gasteiger partial charge in [0.1, 0.15) is 5.72 Å². The van der Waals surface area contributed by atoms with Crippen molar-refractivity contribution in [3.05, 3.63) is 0 Å². The summed E-state index contributed by atoms with van der Waals surface area (Å²) in [5.41, 5.74) is -0.223. The van der Waals surface area contributed by atoms with Gasteiger partial charge in [-0.05, 0) is 19.4 Å². The summed E-state index contributed by atoms with van der Waals surface area (Å²) in [6.45, 7) is 9.69. The average molecular weight is 216 g/mol. The number of ether oxygens (including phenoxy) is 1. The van der Waals surface area contributed by atoms with E-state index in [-0.39, 0.29) is 11.1 Å². The number of carbonyl (C=O) groups excluding carboxylic acids is 1. The highest BCUT2D eigenvalue weighted by atomic mass is 16.5. The molecule has 0 aliphatic heterocycles. The summed E-state index contributed by atoms with van der Waals surface area (Å²) in [5.74, 6) is 0. The predicted octanol–water partition coefficient (Wildman–Crippen LogP) is 1.12. The molecule has 0 aromatic rings. The van der Waals surface area contributed by atoms with E-state index in [1.807, 2.05) is 14.0 Å². The van der Waals surface area contributed by atoms with E-state index in [9.17, 15) is 4.79 Å². The first-order valence-corrected chi connectivity index (χ1v) is 5.33. The highest BCUT2D eigenvalue weighted by Crippen LogP contribution is 2.19. The van der Waals surface area contributed by atoms with Crippen molar-refractivity contribution in [3.8, 4) is 0 Å². The van der Waals surface area contributed by atoms with E-state index >= 15 is 0 Å². The topological polar surface area (TPSA) is 50.4 Å². The van der Waals surface area contributed by atoms with E-state index in [0.29, 0.717) is 19.6 Å². The van der Waals surface area contributed by atoms with Crippen molar-refractivity contribution < 1.29 is 9.53 Å². The second-order valence-corrected chi connectivity index (χ2v) is 5.15. The van der Waals surface area contributed by atoms with Gasteiger partial charge in [-0.15, -0.1) is 0 Å². The Morgan fingerprint density at radius 3 is 2.27 bits per heavy atom. The van der Waals surface area contributed by atoms with Crippen molar-refractivity contribution in [1.82, 2.24) is 10.6 Å². The number of hydrogen-bond acceptors (Lipinski definition) is 3. The fourth-order valence-corrected chi connectivity index (χ4v) is 1.01. The van der Waals surface area contributed by atoms with Crippen LogP contribution in [-0.2, 0) is 9.53 Å². The van der Waals surface area contributed by atoms with E-state index in [1.54, 1.807) is 0 Å². The molecule has 4 nitrogen and oxygen atoms in total. The average Bonchev–Trinajstić information content (AvgIpc) is 2.14.